The van der Waals surface area contributed by atoms with Gasteiger partial charge in [-0.1, -0.05) is 30.0 Å². The smallest absolute Gasteiger partial charge is 0.255 e. The van der Waals surface area contributed by atoms with E-state index in [1.807, 2.05) is 60.7 Å². The highest BCUT2D eigenvalue weighted by molar-refractivity contribution is 7.99. The average Bonchev–Trinajstić information content (AvgIpc) is 2.76. The molecule has 4 nitrogen and oxygen atoms in total. The zero-order chi connectivity index (χ0) is 19.2. The normalized spacial score (nSPS) is 13.9. The summed E-state index contributed by atoms with van der Waals surface area (Å²) in [6.45, 7) is 2.10. The van der Waals surface area contributed by atoms with Crippen LogP contribution >= 0.6 is 11.8 Å². The lowest BCUT2D eigenvalue weighted by Crippen LogP contribution is -2.30. The van der Waals surface area contributed by atoms with Crippen LogP contribution in [0.25, 0.3) is 0 Å². The number of nitrogens with zero attached hydrogens (tertiary/aromatic N) is 2. The quantitative estimate of drug-likeness (QED) is 0.628. The number of nitrogens with one attached hydrogen (secondary N) is 1. The number of pyridine rings is 1. The predicted octanol–water partition coefficient (Wildman–Crippen LogP) is 5.48. The topological polar surface area (TPSA) is 45.2 Å². The van der Waals surface area contributed by atoms with Crippen molar-refractivity contribution in [2.75, 3.05) is 23.3 Å². The molecule has 0 saturated carbocycles. The van der Waals surface area contributed by atoms with E-state index >= 15 is 0 Å². The summed E-state index contributed by atoms with van der Waals surface area (Å²) in [5.41, 5.74) is 2.64. The zero-order valence-corrected chi connectivity index (χ0v) is 16.5. The minimum atomic E-state index is -0.0844. The van der Waals surface area contributed by atoms with Crippen molar-refractivity contribution in [3.8, 4) is 0 Å². The highest BCUT2D eigenvalue weighted by Gasteiger charge is 2.16. The first-order valence-electron chi connectivity index (χ1n) is 9.64. The molecule has 1 aliphatic heterocycles. The molecule has 0 aliphatic carbocycles. The fourth-order valence-corrected chi connectivity index (χ4v) is 4.16. The maximum Gasteiger partial charge on any atom is 0.255 e. The molecule has 1 saturated heterocycles. The molecule has 28 heavy (non-hydrogen) atoms. The maximum atomic E-state index is 12.8. The van der Waals surface area contributed by atoms with Gasteiger partial charge in [0.25, 0.3) is 5.91 Å². The van der Waals surface area contributed by atoms with Crippen molar-refractivity contribution in [1.29, 1.82) is 0 Å². The van der Waals surface area contributed by atoms with Crippen LogP contribution in [-0.4, -0.2) is 24.0 Å². The molecule has 2 heterocycles. The van der Waals surface area contributed by atoms with E-state index in [0.717, 1.165) is 34.4 Å². The highest BCUT2D eigenvalue weighted by Crippen LogP contribution is 2.29. The second-order valence-corrected chi connectivity index (χ2v) is 7.91. The largest absolute Gasteiger partial charge is 0.370 e. The predicted molar refractivity (Wildman–Crippen MR) is 115 cm³/mol. The van der Waals surface area contributed by atoms with Crippen LogP contribution in [0.5, 0.6) is 0 Å². The van der Waals surface area contributed by atoms with Crippen molar-refractivity contribution in [1.82, 2.24) is 4.98 Å². The van der Waals surface area contributed by atoms with E-state index in [-0.39, 0.29) is 5.91 Å². The molecule has 1 aromatic heterocycles. The molecular formula is C23H23N3OS. The molecule has 3 aromatic rings. The summed E-state index contributed by atoms with van der Waals surface area (Å²) in [5.74, 6) is -0.0844. The van der Waals surface area contributed by atoms with Gasteiger partial charge in [0, 0.05) is 29.7 Å². The number of piperidine rings is 1. The molecule has 5 heteroatoms. The van der Waals surface area contributed by atoms with Gasteiger partial charge in [0.15, 0.2) is 0 Å². The van der Waals surface area contributed by atoms with Gasteiger partial charge in [0.05, 0.1) is 11.4 Å². The second kappa shape index (κ2) is 8.93. The van der Waals surface area contributed by atoms with Gasteiger partial charge in [-0.2, -0.15) is 0 Å². The fourth-order valence-electron chi connectivity index (χ4n) is 3.39. The van der Waals surface area contributed by atoms with Crippen LogP contribution in [0.15, 0.2) is 82.8 Å². The van der Waals surface area contributed by atoms with E-state index in [0.29, 0.717) is 5.56 Å². The molecule has 0 spiro atoms. The van der Waals surface area contributed by atoms with E-state index in [4.69, 9.17) is 0 Å². The molecule has 0 unspecified atom stereocenters. The Morgan fingerprint density at radius 2 is 1.64 bits per heavy atom. The Morgan fingerprint density at radius 3 is 2.39 bits per heavy atom. The Labute approximate surface area is 170 Å². The van der Waals surface area contributed by atoms with E-state index in [1.54, 1.807) is 18.0 Å². The van der Waals surface area contributed by atoms with Crippen molar-refractivity contribution in [3.63, 3.8) is 0 Å². The first kappa shape index (κ1) is 18.6. The van der Waals surface area contributed by atoms with Gasteiger partial charge >= 0.3 is 0 Å². The van der Waals surface area contributed by atoms with Crippen LogP contribution < -0.4 is 10.2 Å². The summed E-state index contributed by atoms with van der Waals surface area (Å²) in [6, 6.07) is 21.6. The molecule has 1 aliphatic rings. The summed E-state index contributed by atoms with van der Waals surface area (Å²) in [6.07, 6.45) is 5.48. The first-order chi connectivity index (χ1) is 13.8. The first-order valence-corrected chi connectivity index (χ1v) is 10.5. The summed E-state index contributed by atoms with van der Waals surface area (Å²) in [4.78, 5) is 20.5. The highest BCUT2D eigenvalue weighted by atomic mass is 32.2. The van der Waals surface area contributed by atoms with Crippen LogP contribution in [0.2, 0.25) is 0 Å². The number of hydrogen-bond acceptors (Lipinski definition) is 4. The SMILES string of the molecule is O=C(Nc1ccccc1N1CCCCC1)c1ccc(Sc2ccccn2)cc1. The Bertz CT molecular complexity index is 922. The molecule has 142 valence electrons. The van der Waals surface area contributed by atoms with E-state index in [2.05, 4.69) is 21.3 Å². The molecule has 0 atom stereocenters. The molecule has 4 rings (SSSR count). The van der Waals surface area contributed by atoms with Crippen molar-refractivity contribution >= 4 is 29.0 Å². The third kappa shape index (κ3) is 4.54. The van der Waals surface area contributed by atoms with Gasteiger partial charge < -0.3 is 10.2 Å². The number of amides is 1. The summed E-state index contributed by atoms with van der Waals surface area (Å²) in [5, 5.41) is 4.03. The van der Waals surface area contributed by atoms with Gasteiger partial charge in [-0.05, 0) is 67.8 Å². The molecule has 1 N–H and O–H groups in total. The number of aromatic nitrogens is 1. The van der Waals surface area contributed by atoms with Crippen molar-refractivity contribution in [2.24, 2.45) is 0 Å². The third-order valence-corrected chi connectivity index (χ3v) is 5.78. The van der Waals surface area contributed by atoms with Gasteiger partial charge in [0.1, 0.15) is 5.03 Å². The van der Waals surface area contributed by atoms with Crippen LogP contribution in [-0.2, 0) is 0 Å². The van der Waals surface area contributed by atoms with Gasteiger partial charge in [-0.3, -0.25) is 4.79 Å². The third-order valence-electron chi connectivity index (χ3n) is 4.83. The van der Waals surface area contributed by atoms with Gasteiger partial charge in [-0.15, -0.1) is 0 Å². The summed E-state index contributed by atoms with van der Waals surface area (Å²) in [7, 11) is 0. The molecular weight excluding hydrogens is 366 g/mol. The minimum absolute atomic E-state index is 0.0844. The lowest BCUT2D eigenvalue weighted by Gasteiger charge is -2.30. The van der Waals surface area contributed by atoms with Gasteiger partial charge in [-0.25, -0.2) is 4.98 Å². The minimum Gasteiger partial charge on any atom is -0.370 e. The average molecular weight is 390 g/mol. The molecule has 0 bridgehead atoms. The summed E-state index contributed by atoms with van der Waals surface area (Å²) >= 11 is 1.58. The monoisotopic (exact) mass is 389 g/mol. The maximum absolute atomic E-state index is 12.8. The standard InChI is InChI=1S/C23H23N3OS/c27-23(18-11-13-19(14-12-18)28-22-10-4-5-15-24-22)25-20-8-2-3-9-21(20)26-16-6-1-7-17-26/h2-5,8-15H,1,6-7,16-17H2,(H,25,27). The number of rotatable bonds is 5. The molecule has 1 fully saturated rings. The number of anilines is 2. The zero-order valence-electron chi connectivity index (χ0n) is 15.7. The number of carbonyl (C=O) groups excluding carboxylic acids is 1. The number of benzene rings is 2. The number of hydrogen-bond donors (Lipinski definition) is 1. The molecule has 0 radical (unpaired) electrons. The Balaban J connectivity index is 1.45. The fraction of sp³-hybridized carbons (Fsp3) is 0.217. The van der Waals surface area contributed by atoms with E-state index in [1.165, 1.54) is 19.3 Å². The van der Waals surface area contributed by atoms with Crippen LogP contribution in [0.4, 0.5) is 11.4 Å². The Kier molecular flexibility index (Phi) is 5.92. The Morgan fingerprint density at radius 1 is 0.893 bits per heavy atom. The van der Waals surface area contributed by atoms with Crippen LogP contribution in [0, 0.1) is 0 Å². The number of para-hydroxylation sites is 2. The second-order valence-electron chi connectivity index (χ2n) is 6.81. The van der Waals surface area contributed by atoms with Crippen LogP contribution in [0.1, 0.15) is 29.6 Å². The van der Waals surface area contributed by atoms with E-state index < -0.39 is 0 Å². The Hall–Kier alpha value is -2.79. The molecule has 1 amide bonds. The lowest BCUT2D eigenvalue weighted by molar-refractivity contribution is 0.102. The molecule has 2 aromatic carbocycles. The van der Waals surface area contributed by atoms with Gasteiger partial charge in [0.2, 0.25) is 0 Å². The summed E-state index contributed by atoms with van der Waals surface area (Å²) < 4.78 is 0. The number of carbonyl (C=O) groups is 1. The van der Waals surface area contributed by atoms with Crippen molar-refractivity contribution < 1.29 is 4.79 Å². The lowest BCUT2D eigenvalue weighted by atomic mass is 10.1. The van der Waals surface area contributed by atoms with Crippen molar-refractivity contribution in [2.45, 2.75) is 29.2 Å². The van der Waals surface area contributed by atoms with Crippen LogP contribution in [0.3, 0.4) is 0 Å². The van der Waals surface area contributed by atoms with Crippen molar-refractivity contribution in [3.05, 3.63) is 78.5 Å². The van der Waals surface area contributed by atoms with E-state index in [9.17, 15) is 4.79 Å².